The predicted octanol–water partition coefficient (Wildman–Crippen LogP) is 4.81. The van der Waals surface area contributed by atoms with Gasteiger partial charge in [0.1, 0.15) is 30.2 Å². The highest BCUT2D eigenvalue weighted by Gasteiger charge is 2.72. The first kappa shape index (κ1) is 33.3. The minimum atomic E-state index is -1.71. The van der Waals surface area contributed by atoms with Crippen molar-refractivity contribution >= 4 is 17.5 Å². The van der Waals surface area contributed by atoms with Crippen LogP contribution >= 0.6 is 0 Å². The summed E-state index contributed by atoms with van der Waals surface area (Å²) in [6.07, 6.45) is 0.711. The molecule has 6 fully saturated rings. The van der Waals surface area contributed by atoms with Crippen LogP contribution in [0.4, 0.5) is 0 Å². The van der Waals surface area contributed by atoms with Crippen molar-refractivity contribution in [2.24, 2.45) is 56.7 Å². The highest BCUT2D eigenvalue weighted by atomic mass is 16.6. The fourth-order valence-corrected chi connectivity index (χ4v) is 13.1. The number of carbonyl (C=O) groups is 3. The van der Waals surface area contributed by atoms with Crippen LogP contribution in [0.5, 0.6) is 0 Å². The summed E-state index contributed by atoms with van der Waals surface area (Å²) < 4.78 is 10.7. The van der Waals surface area contributed by atoms with Crippen LogP contribution in [0.2, 0.25) is 0 Å². The molecule has 0 aromatic carbocycles. The quantitative estimate of drug-likeness (QED) is 0.299. The number of fused-ring (bicyclic) bond motifs is 7. The van der Waals surface area contributed by atoms with Gasteiger partial charge in [0, 0.05) is 17.3 Å². The summed E-state index contributed by atoms with van der Waals surface area (Å²) in [7, 11) is 1.16. The first-order valence-electron chi connectivity index (χ1n) is 17.4. The lowest BCUT2D eigenvalue weighted by atomic mass is 9.32. The second-order valence-electron chi connectivity index (χ2n) is 17.3. The molecular formula is C37H56O8. The predicted molar refractivity (Wildman–Crippen MR) is 168 cm³/mol. The molecule has 0 aromatic heterocycles. The van der Waals surface area contributed by atoms with Crippen molar-refractivity contribution in [1.29, 1.82) is 0 Å². The maximum Gasteiger partial charge on any atom is 0.337 e. The molecule has 6 unspecified atom stereocenters. The number of carbonyl (C=O) groups excluding carboxylic acids is 3. The Morgan fingerprint density at radius 2 is 1.49 bits per heavy atom. The van der Waals surface area contributed by atoms with Crippen molar-refractivity contribution in [3.05, 3.63) is 12.2 Å². The monoisotopic (exact) mass is 628 g/mol. The van der Waals surface area contributed by atoms with Crippen molar-refractivity contribution in [3.8, 4) is 0 Å². The number of aliphatic hydroxyl groups excluding tert-OH is 3. The van der Waals surface area contributed by atoms with E-state index in [-0.39, 0.29) is 45.2 Å². The first-order chi connectivity index (χ1) is 20.9. The Labute approximate surface area is 268 Å². The summed E-state index contributed by atoms with van der Waals surface area (Å²) in [5.41, 5.74) is 0.0856. The van der Waals surface area contributed by atoms with E-state index in [2.05, 4.69) is 48.1 Å². The van der Waals surface area contributed by atoms with Gasteiger partial charge in [-0.1, -0.05) is 46.8 Å². The van der Waals surface area contributed by atoms with Crippen LogP contribution in [0.1, 0.15) is 106 Å². The van der Waals surface area contributed by atoms with Crippen LogP contribution in [0.25, 0.3) is 0 Å². The molecule has 252 valence electrons. The number of aliphatic hydroxyl groups is 3. The standard InChI is InChI=1S/C37H56O8/c1-19(2)20-11-16-37(31(42)29-27(40)26(39)28(41)30(45-29)32(43)44-8)18-17-35(6)21(25(20)37)9-10-23-34(5)14-13-24(38)33(3,4)22(34)12-15-36(23,35)7/h20-23,25-30,39-41H,1,9-18H2,2-8H3/t20-,21?,22?,23?,25?,26+,27?,28-,29+,30?,34-,35+,36+,37-/m0/s1. The molecule has 45 heavy (non-hydrogen) atoms. The molecule has 6 aliphatic rings. The SMILES string of the molecule is C=C(C)[C@@H]1CC[C@]2(C(=O)[C@@H]3OC(C(=O)OC)[C@@H](O)[C@H](O)C3O)CC[C@]3(C)C(CCC4[C@@]5(C)CCC(=O)C(C)(C)C5CC[C@]43C)C12. The highest BCUT2D eigenvalue weighted by Crippen LogP contribution is 2.77. The Balaban J connectivity index is 1.38. The fourth-order valence-electron chi connectivity index (χ4n) is 13.1. The average Bonchev–Trinajstić information content (AvgIpc) is 3.39. The lowest BCUT2D eigenvalue weighted by Gasteiger charge is -2.72. The number of ketones is 2. The van der Waals surface area contributed by atoms with Crippen molar-refractivity contribution in [2.45, 2.75) is 136 Å². The largest absolute Gasteiger partial charge is 0.467 e. The van der Waals surface area contributed by atoms with E-state index < -0.39 is 41.9 Å². The molecule has 0 bridgehead atoms. The molecule has 0 amide bonds. The second-order valence-corrected chi connectivity index (χ2v) is 17.3. The average molecular weight is 629 g/mol. The lowest BCUT2D eigenvalue weighted by molar-refractivity contribution is -0.243. The summed E-state index contributed by atoms with van der Waals surface area (Å²) in [5.74, 6) is 0.529. The summed E-state index contributed by atoms with van der Waals surface area (Å²) in [6.45, 7) is 18.3. The zero-order valence-corrected chi connectivity index (χ0v) is 28.4. The van der Waals surface area contributed by atoms with Gasteiger partial charge in [-0.2, -0.15) is 0 Å². The van der Waals surface area contributed by atoms with Gasteiger partial charge in [0.15, 0.2) is 11.9 Å². The van der Waals surface area contributed by atoms with Crippen LogP contribution in [0.15, 0.2) is 12.2 Å². The number of rotatable bonds is 4. The Morgan fingerprint density at radius 1 is 0.822 bits per heavy atom. The number of hydrogen-bond acceptors (Lipinski definition) is 8. The summed E-state index contributed by atoms with van der Waals surface area (Å²) in [4.78, 5) is 40.4. The van der Waals surface area contributed by atoms with Gasteiger partial charge in [-0.3, -0.25) is 9.59 Å². The number of esters is 1. The van der Waals surface area contributed by atoms with Crippen molar-refractivity contribution in [2.75, 3.05) is 7.11 Å². The van der Waals surface area contributed by atoms with Crippen molar-refractivity contribution < 1.29 is 39.2 Å². The number of methoxy groups -OCH3 is 1. The van der Waals surface area contributed by atoms with Crippen LogP contribution < -0.4 is 0 Å². The first-order valence-corrected chi connectivity index (χ1v) is 17.4. The van der Waals surface area contributed by atoms with Crippen LogP contribution in [0, 0.1) is 56.7 Å². The topological polar surface area (TPSA) is 130 Å². The van der Waals surface area contributed by atoms with Gasteiger partial charge in [-0.05, 0) is 111 Å². The van der Waals surface area contributed by atoms with E-state index >= 15 is 0 Å². The molecule has 5 saturated carbocycles. The van der Waals surface area contributed by atoms with E-state index in [0.717, 1.165) is 57.6 Å². The molecular weight excluding hydrogens is 572 g/mol. The fraction of sp³-hybridized carbons (Fsp3) is 0.865. The van der Waals surface area contributed by atoms with E-state index in [9.17, 15) is 29.7 Å². The van der Waals surface area contributed by atoms with Crippen molar-refractivity contribution in [3.63, 3.8) is 0 Å². The molecule has 5 aliphatic carbocycles. The minimum Gasteiger partial charge on any atom is -0.467 e. The van der Waals surface area contributed by atoms with Gasteiger partial charge in [0.05, 0.1) is 7.11 Å². The summed E-state index contributed by atoms with van der Waals surface area (Å²) in [6, 6.07) is 0. The molecule has 8 heteroatoms. The third-order valence-corrected chi connectivity index (χ3v) is 15.6. The Kier molecular flexibility index (Phi) is 7.92. The minimum absolute atomic E-state index is 0.00491. The van der Waals surface area contributed by atoms with Gasteiger partial charge in [0.25, 0.3) is 0 Å². The molecule has 6 rings (SSSR count). The van der Waals surface area contributed by atoms with E-state index in [0.29, 0.717) is 36.9 Å². The van der Waals surface area contributed by atoms with Gasteiger partial charge in [0.2, 0.25) is 0 Å². The molecule has 0 aromatic rings. The molecule has 8 nitrogen and oxygen atoms in total. The van der Waals surface area contributed by atoms with Gasteiger partial charge < -0.3 is 24.8 Å². The van der Waals surface area contributed by atoms with E-state index in [1.165, 1.54) is 0 Å². The maximum absolute atomic E-state index is 14.8. The van der Waals surface area contributed by atoms with E-state index in [4.69, 9.17) is 9.47 Å². The smallest absolute Gasteiger partial charge is 0.337 e. The second kappa shape index (κ2) is 10.7. The summed E-state index contributed by atoms with van der Waals surface area (Å²) in [5, 5.41) is 32.4. The normalized spacial score (nSPS) is 52.1. The number of Topliss-reactive ketones (excluding diaryl/α,β-unsaturated/α-hetero) is 2. The van der Waals surface area contributed by atoms with Gasteiger partial charge >= 0.3 is 5.97 Å². The number of hydrogen-bond donors (Lipinski definition) is 3. The Hall–Kier alpha value is -1.61. The Bertz CT molecular complexity index is 1270. The molecule has 14 atom stereocenters. The van der Waals surface area contributed by atoms with Gasteiger partial charge in [-0.15, -0.1) is 0 Å². The zero-order valence-electron chi connectivity index (χ0n) is 28.4. The Morgan fingerprint density at radius 3 is 2.13 bits per heavy atom. The van der Waals surface area contributed by atoms with Crippen LogP contribution in [0.3, 0.4) is 0 Å². The van der Waals surface area contributed by atoms with Crippen LogP contribution in [-0.2, 0) is 23.9 Å². The molecule has 3 N–H and O–H groups in total. The number of ether oxygens (including phenoxy) is 2. The van der Waals surface area contributed by atoms with Gasteiger partial charge in [-0.25, -0.2) is 4.79 Å². The summed E-state index contributed by atoms with van der Waals surface area (Å²) >= 11 is 0. The third kappa shape index (κ3) is 4.26. The molecule has 1 aliphatic heterocycles. The lowest BCUT2D eigenvalue weighted by Crippen LogP contribution is -2.68. The molecule has 1 heterocycles. The molecule has 0 radical (unpaired) electrons. The van der Waals surface area contributed by atoms with E-state index in [1.807, 2.05) is 0 Å². The van der Waals surface area contributed by atoms with Crippen LogP contribution in [-0.4, -0.2) is 70.5 Å². The van der Waals surface area contributed by atoms with E-state index in [1.54, 1.807) is 0 Å². The molecule has 0 spiro atoms. The van der Waals surface area contributed by atoms with Crippen molar-refractivity contribution in [1.82, 2.24) is 0 Å². The maximum atomic E-state index is 14.8. The number of allylic oxidation sites excluding steroid dienone is 1. The zero-order chi connectivity index (χ0) is 33.1. The third-order valence-electron chi connectivity index (χ3n) is 15.6. The highest BCUT2D eigenvalue weighted by molar-refractivity contribution is 5.91. The molecule has 1 saturated heterocycles.